The number of carbonyl (C=O) groups excluding carboxylic acids is 2. The van der Waals surface area contributed by atoms with E-state index in [1.54, 1.807) is 18.2 Å². The Morgan fingerprint density at radius 3 is 2.23 bits per heavy atom. The number of benzene rings is 2. The van der Waals surface area contributed by atoms with Crippen molar-refractivity contribution in [2.45, 2.75) is 18.3 Å². The van der Waals surface area contributed by atoms with E-state index >= 15 is 0 Å². The first kappa shape index (κ1) is 23.2. The molecule has 2 aromatic carbocycles. The molecule has 1 atom stereocenters. The molecule has 1 aliphatic heterocycles. The van der Waals surface area contributed by atoms with Gasteiger partial charge in [-0.1, -0.05) is 29.3 Å². The summed E-state index contributed by atoms with van der Waals surface area (Å²) in [4.78, 5) is 27.4. The van der Waals surface area contributed by atoms with Gasteiger partial charge in [-0.3, -0.25) is 14.5 Å². The number of hydrogen-bond donors (Lipinski definition) is 1. The van der Waals surface area contributed by atoms with Crippen molar-refractivity contribution in [1.29, 1.82) is 0 Å². The highest BCUT2D eigenvalue weighted by atomic mass is 35.5. The lowest BCUT2D eigenvalue weighted by molar-refractivity contribution is -0.125. The normalized spacial score (nSPS) is 18.3. The Morgan fingerprint density at radius 1 is 1.06 bits per heavy atom. The number of carbonyl (C=O) groups is 2. The molecule has 2 amide bonds. The molecule has 0 aliphatic carbocycles. The van der Waals surface area contributed by atoms with Gasteiger partial charge in [0.2, 0.25) is 11.7 Å². The molecule has 1 heterocycles. The van der Waals surface area contributed by atoms with Crippen molar-refractivity contribution in [2.75, 3.05) is 34.5 Å². The van der Waals surface area contributed by atoms with Gasteiger partial charge in [0.1, 0.15) is 0 Å². The van der Waals surface area contributed by atoms with Crippen LogP contribution in [0.2, 0.25) is 10.0 Å². The maximum absolute atomic E-state index is 13.3. The van der Waals surface area contributed by atoms with Crippen molar-refractivity contribution in [2.24, 2.45) is 0 Å². The Kier molecular flexibility index (Phi) is 6.99. The summed E-state index contributed by atoms with van der Waals surface area (Å²) in [6.07, 6.45) is 0.345. The molecule has 1 unspecified atom stereocenters. The number of hydrogen-bond acceptors (Lipinski definition) is 6. The number of likely N-dealkylation sites (tertiary alicyclic amines) is 1. The highest BCUT2D eigenvalue weighted by Gasteiger charge is 2.46. The van der Waals surface area contributed by atoms with Crippen molar-refractivity contribution in [3.05, 3.63) is 51.5 Å². The SMILES string of the molecule is COc1cc(C(=O)N2CC(CCO)(c3ccc(Cl)c(Cl)c3)CC2=O)cc(OC)c1OC. The zero-order valence-electron chi connectivity index (χ0n) is 17.4. The van der Waals surface area contributed by atoms with Crippen LogP contribution in [0.5, 0.6) is 17.2 Å². The predicted molar refractivity (Wildman–Crippen MR) is 117 cm³/mol. The molecule has 1 saturated heterocycles. The zero-order chi connectivity index (χ0) is 22.8. The summed E-state index contributed by atoms with van der Waals surface area (Å²) < 4.78 is 15.9. The lowest BCUT2D eigenvalue weighted by Crippen LogP contribution is -2.36. The third-order valence-corrected chi connectivity index (χ3v) is 6.27. The minimum atomic E-state index is -0.767. The Labute approximate surface area is 190 Å². The molecular weight excluding hydrogens is 445 g/mol. The average molecular weight is 468 g/mol. The minimum Gasteiger partial charge on any atom is -0.493 e. The molecule has 0 saturated carbocycles. The monoisotopic (exact) mass is 467 g/mol. The summed E-state index contributed by atoms with van der Waals surface area (Å²) >= 11 is 12.2. The van der Waals surface area contributed by atoms with Crippen LogP contribution in [-0.2, 0) is 10.2 Å². The third kappa shape index (κ3) is 4.31. The van der Waals surface area contributed by atoms with Crippen LogP contribution in [-0.4, -0.2) is 56.3 Å². The van der Waals surface area contributed by atoms with Gasteiger partial charge in [-0.25, -0.2) is 0 Å². The number of methoxy groups -OCH3 is 3. The quantitative estimate of drug-likeness (QED) is 0.624. The van der Waals surface area contributed by atoms with Gasteiger partial charge < -0.3 is 19.3 Å². The molecule has 9 heteroatoms. The molecular formula is C22H23Cl2NO6. The molecule has 31 heavy (non-hydrogen) atoms. The van der Waals surface area contributed by atoms with E-state index in [1.165, 1.54) is 38.4 Å². The summed E-state index contributed by atoms with van der Waals surface area (Å²) in [6, 6.07) is 8.10. The second kappa shape index (κ2) is 9.34. The van der Waals surface area contributed by atoms with E-state index in [4.69, 9.17) is 37.4 Å². The van der Waals surface area contributed by atoms with Crippen LogP contribution in [0.25, 0.3) is 0 Å². The molecule has 1 aliphatic rings. The third-order valence-electron chi connectivity index (χ3n) is 5.53. The molecule has 0 bridgehead atoms. The lowest BCUT2D eigenvalue weighted by Gasteiger charge is -2.28. The van der Waals surface area contributed by atoms with Gasteiger partial charge in [0.05, 0.1) is 31.4 Å². The van der Waals surface area contributed by atoms with E-state index in [0.29, 0.717) is 27.3 Å². The van der Waals surface area contributed by atoms with Crippen molar-refractivity contribution >= 4 is 35.0 Å². The molecule has 7 nitrogen and oxygen atoms in total. The van der Waals surface area contributed by atoms with Gasteiger partial charge >= 0.3 is 0 Å². The van der Waals surface area contributed by atoms with Gasteiger partial charge in [-0.05, 0) is 36.2 Å². The number of aliphatic hydroxyl groups is 1. The average Bonchev–Trinajstić information content (AvgIpc) is 3.11. The summed E-state index contributed by atoms with van der Waals surface area (Å²) in [5.74, 6) is 0.119. The van der Waals surface area contributed by atoms with Crippen LogP contribution in [0.3, 0.4) is 0 Å². The van der Waals surface area contributed by atoms with E-state index in [2.05, 4.69) is 0 Å². The maximum Gasteiger partial charge on any atom is 0.260 e. The molecule has 0 aromatic heterocycles. The Bertz CT molecular complexity index is 986. The first-order valence-corrected chi connectivity index (χ1v) is 10.3. The van der Waals surface area contributed by atoms with Crippen LogP contribution >= 0.6 is 23.2 Å². The fourth-order valence-corrected chi connectivity index (χ4v) is 4.22. The number of imide groups is 1. The number of halogens is 2. The topological polar surface area (TPSA) is 85.3 Å². The van der Waals surface area contributed by atoms with Gasteiger partial charge in [-0.2, -0.15) is 0 Å². The van der Waals surface area contributed by atoms with Gasteiger partial charge in [0, 0.05) is 30.6 Å². The second-order valence-corrected chi connectivity index (χ2v) is 8.07. The number of rotatable bonds is 7. The van der Waals surface area contributed by atoms with Crippen LogP contribution < -0.4 is 14.2 Å². The summed E-state index contributed by atoms with van der Waals surface area (Å²) in [5.41, 5.74) is 0.192. The maximum atomic E-state index is 13.3. The summed E-state index contributed by atoms with van der Waals surface area (Å²) in [7, 11) is 4.36. The molecule has 1 N–H and O–H groups in total. The van der Waals surface area contributed by atoms with E-state index in [1.807, 2.05) is 0 Å². The first-order chi connectivity index (χ1) is 14.8. The van der Waals surface area contributed by atoms with Gasteiger partial charge in [-0.15, -0.1) is 0 Å². The first-order valence-electron chi connectivity index (χ1n) is 9.51. The summed E-state index contributed by atoms with van der Waals surface area (Å²) in [6.45, 7) is -0.0560. The Morgan fingerprint density at radius 2 is 1.71 bits per heavy atom. The van der Waals surface area contributed by atoms with Crippen LogP contribution in [0.1, 0.15) is 28.8 Å². The van der Waals surface area contributed by atoms with Crippen LogP contribution in [0.15, 0.2) is 30.3 Å². The fourth-order valence-electron chi connectivity index (χ4n) is 3.92. The number of ether oxygens (including phenoxy) is 3. The smallest absolute Gasteiger partial charge is 0.260 e. The molecule has 1 fully saturated rings. The lowest BCUT2D eigenvalue weighted by atomic mass is 9.77. The second-order valence-electron chi connectivity index (χ2n) is 7.26. The van der Waals surface area contributed by atoms with Crippen LogP contribution in [0, 0.1) is 0 Å². The van der Waals surface area contributed by atoms with Gasteiger partial charge in [0.15, 0.2) is 11.5 Å². The van der Waals surface area contributed by atoms with E-state index in [-0.39, 0.29) is 37.5 Å². The molecule has 3 rings (SSSR count). The molecule has 0 spiro atoms. The fraction of sp³-hybridized carbons (Fsp3) is 0.364. The highest BCUT2D eigenvalue weighted by Crippen LogP contribution is 2.42. The summed E-state index contributed by atoms with van der Waals surface area (Å²) in [5, 5.41) is 10.4. The Balaban J connectivity index is 1.99. The molecule has 0 radical (unpaired) electrons. The van der Waals surface area contributed by atoms with Gasteiger partial charge in [0.25, 0.3) is 5.91 Å². The van der Waals surface area contributed by atoms with Crippen molar-refractivity contribution in [3.63, 3.8) is 0 Å². The highest BCUT2D eigenvalue weighted by molar-refractivity contribution is 6.42. The van der Waals surface area contributed by atoms with Crippen molar-refractivity contribution in [1.82, 2.24) is 4.90 Å². The van der Waals surface area contributed by atoms with Crippen molar-refractivity contribution < 1.29 is 28.9 Å². The number of nitrogens with zero attached hydrogens (tertiary/aromatic N) is 1. The van der Waals surface area contributed by atoms with E-state index in [0.717, 1.165) is 5.56 Å². The zero-order valence-corrected chi connectivity index (χ0v) is 18.9. The van der Waals surface area contributed by atoms with Crippen molar-refractivity contribution in [3.8, 4) is 17.2 Å². The molecule has 166 valence electrons. The predicted octanol–water partition coefficient (Wildman–Crippen LogP) is 3.71. The Hall–Kier alpha value is -2.48. The van der Waals surface area contributed by atoms with E-state index in [9.17, 15) is 14.7 Å². The van der Waals surface area contributed by atoms with E-state index < -0.39 is 11.3 Å². The van der Waals surface area contributed by atoms with Crippen LogP contribution in [0.4, 0.5) is 0 Å². The number of amides is 2. The standard InChI is InChI=1S/C22H23Cl2NO6/c1-29-17-8-13(9-18(30-2)20(17)31-3)21(28)25-12-22(6-7-26,11-19(25)27)14-4-5-15(23)16(24)10-14/h4-5,8-10,26H,6-7,11-12H2,1-3H3. The number of aliphatic hydroxyl groups excluding tert-OH is 1. The minimum absolute atomic E-state index is 0.0572. The molecule has 2 aromatic rings. The largest absolute Gasteiger partial charge is 0.493 e.